The van der Waals surface area contributed by atoms with Crippen molar-refractivity contribution in [3.63, 3.8) is 0 Å². The van der Waals surface area contributed by atoms with Crippen molar-refractivity contribution in [2.24, 2.45) is 5.92 Å². The predicted molar refractivity (Wildman–Crippen MR) is 81.3 cm³/mol. The molecule has 1 saturated heterocycles. The molecule has 1 unspecified atom stereocenters. The number of halogens is 1. The summed E-state index contributed by atoms with van der Waals surface area (Å²) in [5.74, 6) is 2.28. The van der Waals surface area contributed by atoms with Gasteiger partial charge in [0.15, 0.2) is 0 Å². The number of aryl methyl sites for hydroxylation is 1. The lowest BCUT2D eigenvalue weighted by molar-refractivity contribution is 0.304. The number of aromatic nitrogens is 2. The summed E-state index contributed by atoms with van der Waals surface area (Å²) in [5, 5.41) is 1.07. The Morgan fingerprint density at radius 3 is 3.05 bits per heavy atom. The Morgan fingerprint density at radius 1 is 1.47 bits per heavy atom. The quantitative estimate of drug-likeness (QED) is 0.752. The summed E-state index contributed by atoms with van der Waals surface area (Å²) in [7, 11) is 0. The summed E-state index contributed by atoms with van der Waals surface area (Å²) in [4.78, 5) is 11.3. The van der Waals surface area contributed by atoms with Crippen LogP contribution in [-0.4, -0.2) is 35.0 Å². The minimum atomic E-state index is 0.702. The van der Waals surface area contributed by atoms with E-state index < -0.39 is 0 Å². The fraction of sp³-hybridized carbons (Fsp3) is 0.714. The molecule has 0 aromatic carbocycles. The molecule has 0 saturated carbocycles. The highest BCUT2D eigenvalue weighted by Gasteiger charge is 2.24. The summed E-state index contributed by atoms with van der Waals surface area (Å²) in [6.45, 7) is 6.91. The molecular weight excluding hydrogens is 306 g/mol. The smallest absolute Gasteiger partial charge is 0.228 e. The minimum Gasteiger partial charge on any atom is -0.478 e. The molecule has 2 heterocycles. The maximum Gasteiger partial charge on any atom is 0.228 e. The van der Waals surface area contributed by atoms with Gasteiger partial charge in [0.2, 0.25) is 11.8 Å². The molecular formula is C14H22BrN3O. The van der Waals surface area contributed by atoms with Crippen LogP contribution >= 0.6 is 15.9 Å². The van der Waals surface area contributed by atoms with E-state index in [9.17, 15) is 0 Å². The van der Waals surface area contributed by atoms with E-state index >= 15 is 0 Å². The first-order valence-corrected chi connectivity index (χ1v) is 8.14. The molecule has 0 spiro atoms. The molecule has 0 aliphatic carbocycles. The van der Waals surface area contributed by atoms with Crippen LogP contribution in [-0.2, 0) is 0 Å². The molecule has 4 nitrogen and oxygen atoms in total. The highest BCUT2D eigenvalue weighted by Crippen LogP contribution is 2.25. The SMILES string of the molecule is CCCOc1cc(C)nc(N2CCC(CCBr)C2)n1. The van der Waals surface area contributed by atoms with E-state index in [-0.39, 0.29) is 0 Å². The van der Waals surface area contributed by atoms with Crippen LogP contribution in [0, 0.1) is 12.8 Å². The lowest BCUT2D eigenvalue weighted by atomic mass is 10.1. The van der Waals surface area contributed by atoms with Gasteiger partial charge in [-0.3, -0.25) is 0 Å². The fourth-order valence-corrected chi connectivity index (χ4v) is 3.00. The molecule has 0 bridgehead atoms. The first kappa shape index (κ1) is 14.6. The van der Waals surface area contributed by atoms with E-state index in [2.05, 4.69) is 37.7 Å². The second-order valence-corrected chi connectivity index (χ2v) is 5.87. The van der Waals surface area contributed by atoms with Crippen molar-refractivity contribution in [3.05, 3.63) is 11.8 Å². The maximum absolute atomic E-state index is 5.63. The average molecular weight is 328 g/mol. The van der Waals surface area contributed by atoms with Crippen LogP contribution in [0.1, 0.15) is 31.9 Å². The van der Waals surface area contributed by atoms with Crippen LogP contribution in [0.4, 0.5) is 5.95 Å². The third-order valence-corrected chi connectivity index (χ3v) is 3.82. The molecule has 1 atom stereocenters. The summed E-state index contributed by atoms with van der Waals surface area (Å²) in [6.07, 6.45) is 3.45. The molecule has 1 aliphatic rings. The second-order valence-electron chi connectivity index (χ2n) is 5.07. The standard InChI is InChI=1S/C14H22BrN3O/c1-3-8-19-13-9-11(2)16-14(17-13)18-7-5-12(10-18)4-6-15/h9,12H,3-8,10H2,1-2H3. The normalized spacial score (nSPS) is 18.9. The van der Waals surface area contributed by atoms with Crippen LogP contribution < -0.4 is 9.64 Å². The molecule has 1 aromatic rings. The number of alkyl halides is 1. The zero-order valence-electron chi connectivity index (χ0n) is 11.7. The molecule has 0 N–H and O–H groups in total. The zero-order chi connectivity index (χ0) is 13.7. The third kappa shape index (κ3) is 4.06. The lowest BCUT2D eigenvalue weighted by Crippen LogP contribution is -2.22. The molecule has 0 radical (unpaired) electrons. The van der Waals surface area contributed by atoms with Crippen LogP contribution in [0.25, 0.3) is 0 Å². The molecule has 1 fully saturated rings. The van der Waals surface area contributed by atoms with Crippen molar-refractivity contribution in [1.82, 2.24) is 9.97 Å². The number of anilines is 1. The third-order valence-electron chi connectivity index (χ3n) is 3.36. The fourth-order valence-electron chi connectivity index (χ4n) is 2.35. The molecule has 1 aliphatic heterocycles. The van der Waals surface area contributed by atoms with E-state index in [1.807, 2.05) is 13.0 Å². The van der Waals surface area contributed by atoms with Gasteiger partial charge in [-0.2, -0.15) is 4.98 Å². The van der Waals surface area contributed by atoms with Gasteiger partial charge in [-0.15, -0.1) is 0 Å². The van der Waals surface area contributed by atoms with Crippen molar-refractivity contribution in [2.75, 3.05) is 29.9 Å². The van der Waals surface area contributed by atoms with Gasteiger partial charge >= 0.3 is 0 Å². The van der Waals surface area contributed by atoms with Crippen molar-refractivity contribution in [2.45, 2.75) is 33.1 Å². The van der Waals surface area contributed by atoms with Gasteiger partial charge in [0.25, 0.3) is 0 Å². The van der Waals surface area contributed by atoms with Gasteiger partial charge < -0.3 is 9.64 Å². The Bertz CT molecular complexity index is 414. The van der Waals surface area contributed by atoms with Crippen molar-refractivity contribution in [3.8, 4) is 5.88 Å². The molecule has 19 heavy (non-hydrogen) atoms. The lowest BCUT2D eigenvalue weighted by Gasteiger charge is -2.17. The number of ether oxygens (including phenoxy) is 1. The van der Waals surface area contributed by atoms with Gasteiger partial charge in [0.1, 0.15) is 0 Å². The molecule has 1 aromatic heterocycles. The Morgan fingerprint density at radius 2 is 2.32 bits per heavy atom. The molecule has 0 amide bonds. The number of rotatable bonds is 6. The average Bonchev–Trinajstić information content (AvgIpc) is 2.85. The van der Waals surface area contributed by atoms with Crippen LogP contribution in [0.2, 0.25) is 0 Å². The second kappa shape index (κ2) is 7.08. The van der Waals surface area contributed by atoms with Crippen molar-refractivity contribution in [1.29, 1.82) is 0 Å². The Labute approximate surface area is 123 Å². The van der Waals surface area contributed by atoms with E-state index in [1.54, 1.807) is 0 Å². The van der Waals surface area contributed by atoms with Gasteiger partial charge in [0, 0.05) is 30.2 Å². The highest BCUT2D eigenvalue weighted by atomic mass is 79.9. The summed E-state index contributed by atoms with van der Waals surface area (Å²) in [5.41, 5.74) is 0.972. The van der Waals surface area contributed by atoms with Crippen LogP contribution in [0.3, 0.4) is 0 Å². The van der Waals surface area contributed by atoms with E-state index in [0.717, 1.165) is 42.4 Å². The van der Waals surface area contributed by atoms with Gasteiger partial charge in [-0.05, 0) is 32.1 Å². The van der Waals surface area contributed by atoms with Gasteiger partial charge in [0.05, 0.1) is 6.61 Å². The Hall–Kier alpha value is -0.840. The van der Waals surface area contributed by atoms with E-state index in [1.165, 1.54) is 12.8 Å². The van der Waals surface area contributed by atoms with Gasteiger partial charge in [-0.1, -0.05) is 22.9 Å². The minimum absolute atomic E-state index is 0.702. The monoisotopic (exact) mass is 327 g/mol. The zero-order valence-corrected chi connectivity index (χ0v) is 13.3. The van der Waals surface area contributed by atoms with Crippen LogP contribution in [0.5, 0.6) is 5.88 Å². The topological polar surface area (TPSA) is 38.2 Å². The number of hydrogen-bond donors (Lipinski definition) is 0. The van der Waals surface area contributed by atoms with Crippen molar-refractivity contribution >= 4 is 21.9 Å². The number of hydrogen-bond acceptors (Lipinski definition) is 4. The van der Waals surface area contributed by atoms with Gasteiger partial charge in [-0.25, -0.2) is 4.98 Å². The summed E-state index contributed by atoms with van der Waals surface area (Å²) in [6, 6.07) is 1.91. The Balaban J connectivity index is 2.05. The Kier molecular flexibility index (Phi) is 5.43. The number of nitrogens with zero attached hydrogens (tertiary/aromatic N) is 3. The summed E-state index contributed by atoms with van der Waals surface area (Å²) >= 11 is 3.52. The molecule has 5 heteroatoms. The first-order chi connectivity index (χ1) is 9.22. The van der Waals surface area contributed by atoms with E-state index in [4.69, 9.17) is 4.74 Å². The van der Waals surface area contributed by atoms with Crippen LogP contribution in [0.15, 0.2) is 6.07 Å². The largest absolute Gasteiger partial charge is 0.478 e. The molecule has 2 rings (SSSR count). The van der Waals surface area contributed by atoms with E-state index in [0.29, 0.717) is 12.5 Å². The molecule has 106 valence electrons. The summed E-state index contributed by atoms with van der Waals surface area (Å²) < 4.78 is 5.63. The highest BCUT2D eigenvalue weighted by molar-refractivity contribution is 9.09. The van der Waals surface area contributed by atoms with Crippen molar-refractivity contribution < 1.29 is 4.74 Å². The maximum atomic E-state index is 5.63. The first-order valence-electron chi connectivity index (χ1n) is 7.02. The predicted octanol–water partition coefficient (Wildman–Crippen LogP) is 3.19.